The summed E-state index contributed by atoms with van der Waals surface area (Å²) in [5.41, 5.74) is 0.759. The Labute approximate surface area is 116 Å². The van der Waals surface area contributed by atoms with E-state index in [1.54, 1.807) is 18.2 Å². The lowest BCUT2D eigenvalue weighted by Crippen LogP contribution is -2.24. The molecular formula is C18H22O. The summed E-state index contributed by atoms with van der Waals surface area (Å²) in [6.07, 6.45) is 10.6. The summed E-state index contributed by atoms with van der Waals surface area (Å²) in [4.78, 5) is 12.2. The lowest BCUT2D eigenvalue weighted by molar-refractivity contribution is -0.121. The predicted octanol–water partition coefficient (Wildman–Crippen LogP) is 4.51. The summed E-state index contributed by atoms with van der Waals surface area (Å²) in [5.74, 6) is 0.108. The normalized spacial score (nSPS) is 14.6. The summed E-state index contributed by atoms with van der Waals surface area (Å²) in [6, 6.07) is 10.2. The van der Waals surface area contributed by atoms with Crippen LogP contribution >= 0.6 is 0 Å². The molecule has 1 aromatic rings. The van der Waals surface area contributed by atoms with Crippen molar-refractivity contribution in [2.45, 2.75) is 26.7 Å². The van der Waals surface area contributed by atoms with Crippen LogP contribution in [0.15, 0.2) is 67.3 Å². The maximum Gasteiger partial charge on any atom is 0.165 e. The summed E-state index contributed by atoms with van der Waals surface area (Å²) in [7, 11) is 0. The maximum absolute atomic E-state index is 12.2. The van der Waals surface area contributed by atoms with Crippen LogP contribution < -0.4 is 0 Å². The summed E-state index contributed by atoms with van der Waals surface area (Å²) in [6.45, 7) is 7.70. The first kappa shape index (κ1) is 15.2. The van der Waals surface area contributed by atoms with Gasteiger partial charge in [0.1, 0.15) is 0 Å². The van der Waals surface area contributed by atoms with E-state index in [9.17, 15) is 4.79 Å². The number of aryl methyl sites for hydroxylation is 1. The van der Waals surface area contributed by atoms with Gasteiger partial charge in [-0.1, -0.05) is 54.6 Å². The Balaban J connectivity index is 2.69. The highest BCUT2D eigenvalue weighted by Crippen LogP contribution is 2.27. The third kappa shape index (κ3) is 4.70. The van der Waals surface area contributed by atoms with Crippen LogP contribution in [0.1, 0.15) is 25.8 Å². The van der Waals surface area contributed by atoms with Crippen molar-refractivity contribution in [2.24, 2.45) is 5.41 Å². The molecule has 0 aliphatic rings. The number of carbonyl (C=O) groups is 1. The highest BCUT2D eigenvalue weighted by Gasteiger charge is 2.26. The second-order valence-corrected chi connectivity index (χ2v) is 4.86. The molecule has 0 fully saturated rings. The lowest BCUT2D eigenvalue weighted by atomic mass is 9.80. The quantitative estimate of drug-likeness (QED) is 0.397. The van der Waals surface area contributed by atoms with E-state index in [1.165, 1.54) is 5.56 Å². The van der Waals surface area contributed by atoms with Crippen molar-refractivity contribution in [2.75, 3.05) is 0 Å². The van der Waals surface area contributed by atoms with E-state index in [1.807, 2.05) is 44.2 Å². The standard InChI is InChI=1S/C18H22O/c1-4-6-8-13-17(19)18(3,5-2)15-14-16-11-9-7-10-12-16/h4-13H,2,14-15H2,1,3H3/b6-4+,13-8+. The molecule has 0 spiro atoms. The Kier molecular flexibility index (Phi) is 6.01. The van der Waals surface area contributed by atoms with Gasteiger partial charge in [0.25, 0.3) is 0 Å². The van der Waals surface area contributed by atoms with Gasteiger partial charge in [-0.25, -0.2) is 0 Å². The van der Waals surface area contributed by atoms with E-state index in [0.29, 0.717) is 0 Å². The zero-order chi connectivity index (χ0) is 14.1. The molecule has 0 bridgehead atoms. The number of allylic oxidation sites excluding steroid dienone is 5. The zero-order valence-electron chi connectivity index (χ0n) is 11.8. The predicted molar refractivity (Wildman–Crippen MR) is 82.0 cm³/mol. The second kappa shape index (κ2) is 7.52. The topological polar surface area (TPSA) is 17.1 Å². The molecule has 1 heteroatoms. The van der Waals surface area contributed by atoms with Gasteiger partial charge in [0.05, 0.1) is 0 Å². The molecule has 1 unspecified atom stereocenters. The molecule has 0 heterocycles. The van der Waals surface area contributed by atoms with Gasteiger partial charge >= 0.3 is 0 Å². The number of benzene rings is 1. The molecule has 1 rings (SSSR count). The second-order valence-electron chi connectivity index (χ2n) is 4.86. The number of hydrogen-bond donors (Lipinski definition) is 0. The first-order chi connectivity index (χ1) is 9.12. The van der Waals surface area contributed by atoms with Crippen molar-refractivity contribution in [3.8, 4) is 0 Å². The minimum Gasteiger partial charge on any atom is -0.294 e. The molecule has 0 saturated carbocycles. The molecule has 19 heavy (non-hydrogen) atoms. The molecule has 0 radical (unpaired) electrons. The van der Waals surface area contributed by atoms with Gasteiger partial charge in [0.15, 0.2) is 5.78 Å². The summed E-state index contributed by atoms with van der Waals surface area (Å²) < 4.78 is 0. The fraction of sp³-hybridized carbons (Fsp3) is 0.278. The molecule has 1 atom stereocenters. The van der Waals surface area contributed by atoms with Crippen molar-refractivity contribution in [3.63, 3.8) is 0 Å². The average Bonchev–Trinajstić information content (AvgIpc) is 2.46. The summed E-state index contributed by atoms with van der Waals surface area (Å²) >= 11 is 0. The van der Waals surface area contributed by atoms with Crippen molar-refractivity contribution in [3.05, 3.63) is 72.9 Å². The molecule has 0 aliphatic heterocycles. The third-order valence-corrected chi connectivity index (χ3v) is 3.34. The summed E-state index contributed by atoms with van der Waals surface area (Å²) in [5, 5.41) is 0. The van der Waals surface area contributed by atoms with Gasteiger partial charge in [0, 0.05) is 5.41 Å². The van der Waals surface area contributed by atoms with Gasteiger partial charge < -0.3 is 0 Å². The van der Waals surface area contributed by atoms with Gasteiger partial charge in [-0.2, -0.15) is 0 Å². The van der Waals surface area contributed by atoms with E-state index in [4.69, 9.17) is 0 Å². The van der Waals surface area contributed by atoms with Crippen molar-refractivity contribution < 1.29 is 4.79 Å². The smallest absolute Gasteiger partial charge is 0.165 e. The van der Waals surface area contributed by atoms with Crippen LogP contribution in [-0.2, 0) is 11.2 Å². The fourth-order valence-electron chi connectivity index (χ4n) is 1.82. The largest absolute Gasteiger partial charge is 0.294 e. The SMILES string of the molecule is C=CC(C)(CCc1ccccc1)C(=O)/C=C/C=C/C. The number of carbonyl (C=O) groups excluding carboxylic acids is 1. The minimum atomic E-state index is -0.492. The van der Waals surface area contributed by atoms with Crippen LogP contribution in [0.25, 0.3) is 0 Å². The third-order valence-electron chi connectivity index (χ3n) is 3.34. The van der Waals surface area contributed by atoms with Crippen molar-refractivity contribution in [1.82, 2.24) is 0 Å². The van der Waals surface area contributed by atoms with Gasteiger partial charge in [-0.15, -0.1) is 6.58 Å². The number of rotatable bonds is 7. The van der Waals surface area contributed by atoms with E-state index in [-0.39, 0.29) is 5.78 Å². The molecule has 1 nitrogen and oxygen atoms in total. The Morgan fingerprint density at radius 1 is 1.26 bits per heavy atom. The van der Waals surface area contributed by atoms with Crippen molar-refractivity contribution in [1.29, 1.82) is 0 Å². The van der Waals surface area contributed by atoms with Gasteiger partial charge in [0.2, 0.25) is 0 Å². The van der Waals surface area contributed by atoms with Crippen LogP contribution in [0, 0.1) is 5.41 Å². The van der Waals surface area contributed by atoms with Crippen LogP contribution in [-0.4, -0.2) is 5.78 Å². The van der Waals surface area contributed by atoms with Crippen LogP contribution in [0.4, 0.5) is 0 Å². The highest BCUT2D eigenvalue weighted by atomic mass is 16.1. The molecule has 1 aromatic carbocycles. The molecular weight excluding hydrogens is 232 g/mol. The van der Waals surface area contributed by atoms with E-state index < -0.39 is 5.41 Å². The Bertz CT molecular complexity index is 468. The molecule has 100 valence electrons. The maximum atomic E-state index is 12.2. The molecule has 0 amide bonds. The lowest BCUT2D eigenvalue weighted by Gasteiger charge is -2.22. The molecule has 0 saturated heterocycles. The van der Waals surface area contributed by atoms with E-state index in [0.717, 1.165) is 12.8 Å². The van der Waals surface area contributed by atoms with E-state index in [2.05, 4.69) is 18.7 Å². The average molecular weight is 254 g/mol. The van der Waals surface area contributed by atoms with Crippen LogP contribution in [0.3, 0.4) is 0 Å². The first-order valence-electron chi connectivity index (χ1n) is 6.63. The molecule has 0 aliphatic carbocycles. The Morgan fingerprint density at radius 3 is 2.53 bits per heavy atom. The Morgan fingerprint density at radius 2 is 1.95 bits per heavy atom. The zero-order valence-corrected chi connectivity index (χ0v) is 11.8. The van der Waals surface area contributed by atoms with Crippen molar-refractivity contribution >= 4 is 5.78 Å². The van der Waals surface area contributed by atoms with Gasteiger partial charge in [-0.3, -0.25) is 4.79 Å². The van der Waals surface area contributed by atoms with Crippen LogP contribution in [0.2, 0.25) is 0 Å². The molecule has 0 N–H and O–H groups in total. The monoisotopic (exact) mass is 254 g/mol. The number of hydrogen-bond acceptors (Lipinski definition) is 1. The first-order valence-corrected chi connectivity index (χ1v) is 6.63. The Hall–Kier alpha value is -1.89. The van der Waals surface area contributed by atoms with Gasteiger partial charge in [-0.05, 0) is 38.3 Å². The fourth-order valence-corrected chi connectivity index (χ4v) is 1.82. The minimum absolute atomic E-state index is 0.108. The highest BCUT2D eigenvalue weighted by molar-refractivity contribution is 5.96. The number of ketones is 1. The molecule has 0 aromatic heterocycles. The van der Waals surface area contributed by atoms with E-state index >= 15 is 0 Å². The van der Waals surface area contributed by atoms with Crippen LogP contribution in [0.5, 0.6) is 0 Å².